The van der Waals surface area contributed by atoms with Gasteiger partial charge in [0.2, 0.25) is 5.82 Å². The molecule has 2 N–H and O–H groups in total. The third kappa shape index (κ3) is 2.38. The van der Waals surface area contributed by atoms with Gasteiger partial charge in [0.05, 0.1) is 0 Å². The molecule has 2 rings (SSSR count). The number of halogens is 4. The number of nitrogens with zero attached hydrogens (tertiary/aromatic N) is 2. The second kappa shape index (κ2) is 4.55. The second-order valence-corrected chi connectivity index (χ2v) is 4.59. The molecule has 0 saturated heterocycles. The van der Waals surface area contributed by atoms with Gasteiger partial charge in [0.25, 0.3) is 5.89 Å². The standard InChI is InChI=1S/C12H11F4N3O/c1-6-5-7(3-4-8(6)13)9-18-10(20-19-9)11(2,17)12(14,15)16/h3-5H,17H2,1-2H3. The number of hydrogen-bond acceptors (Lipinski definition) is 4. The molecule has 0 aliphatic rings. The van der Waals surface area contributed by atoms with E-state index in [0.717, 1.165) is 6.92 Å². The van der Waals surface area contributed by atoms with Crippen LogP contribution in [0.5, 0.6) is 0 Å². The highest BCUT2D eigenvalue weighted by molar-refractivity contribution is 5.55. The van der Waals surface area contributed by atoms with E-state index in [4.69, 9.17) is 5.73 Å². The molecule has 0 radical (unpaired) electrons. The maximum absolute atomic E-state index is 13.1. The summed E-state index contributed by atoms with van der Waals surface area (Å²) in [7, 11) is 0. The number of alkyl halides is 3. The predicted molar refractivity (Wildman–Crippen MR) is 62.0 cm³/mol. The zero-order valence-electron chi connectivity index (χ0n) is 10.6. The Balaban J connectivity index is 2.41. The van der Waals surface area contributed by atoms with Crippen LogP contribution in [0.3, 0.4) is 0 Å². The number of rotatable bonds is 2. The lowest BCUT2D eigenvalue weighted by molar-refractivity contribution is -0.190. The molecular formula is C12H11F4N3O. The van der Waals surface area contributed by atoms with Crippen molar-refractivity contribution in [1.29, 1.82) is 0 Å². The minimum Gasteiger partial charge on any atom is -0.337 e. The smallest absolute Gasteiger partial charge is 0.337 e. The van der Waals surface area contributed by atoms with Gasteiger partial charge in [-0.2, -0.15) is 18.2 Å². The van der Waals surface area contributed by atoms with Gasteiger partial charge in [-0.15, -0.1) is 0 Å². The fourth-order valence-corrected chi connectivity index (χ4v) is 1.46. The van der Waals surface area contributed by atoms with Crippen molar-refractivity contribution in [3.8, 4) is 11.4 Å². The minimum atomic E-state index is -4.73. The number of aryl methyl sites for hydroxylation is 1. The van der Waals surface area contributed by atoms with Crippen LogP contribution < -0.4 is 5.73 Å². The molecule has 0 fully saturated rings. The normalized spacial score (nSPS) is 15.2. The molecule has 0 saturated carbocycles. The highest BCUT2D eigenvalue weighted by Crippen LogP contribution is 2.36. The highest BCUT2D eigenvalue weighted by atomic mass is 19.4. The average Bonchev–Trinajstić information content (AvgIpc) is 2.81. The number of nitrogens with two attached hydrogens (primary N) is 1. The van der Waals surface area contributed by atoms with Crippen LogP contribution in [0.4, 0.5) is 17.6 Å². The van der Waals surface area contributed by atoms with Crippen molar-refractivity contribution in [3.05, 3.63) is 35.5 Å². The molecule has 2 aromatic rings. The van der Waals surface area contributed by atoms with E-state index in [1.807, 2.05) is 0 Å². The Morgan fingerprint density at radius 2 is 1.90 bits per heavy atom. The van der Waals surface area contributed by atoms with Crippen LogP contribution in [0.15, 0.2) is 22.7 Å². The summed E-state index contributed by atoms with van der Waals surface area (Å²) in [6.07, 6.45) is -4.73. The van der Waals surface area contributed by atoms with Crippen LogP contribution in [0.25, 0.3) is 11.4 Å². The lowest BCUT2D eigenvalue weighted by Gasteiger charge is -2.22. The number of benzene rings is 1. The van der Waals surface area contributed by atoms with Crippen molar-refractivity contribution in [2.24, 2.45) is 5.73 Å². The van der Waals surface area contributed by atoms with Crippen LogP contribution in [-0.4, -0.2) is 16.3 Å². The van der Waals surface area contributed by atoms with E-state index in [0.29, 0.717) is 11.1 Å². The summed E-state index contributed by atoms with van der Waals surface area (Å²) in [6.45, 7) is 2.25. The fraction of sp³-hybridized carbons (Fsp3) is 0.333. The molecule has 1 aromatic heterocycles. The summed E-state index contributed by atoms with van der Waals surface area (Å²) in [5, 5.41) is 3.45. The average molecular weight is 289 g/mol. The quantitative estimate of drug-likeness (QED) is 0.863. The molecule has 0 aliphatic heterocycles. The van der Waals surface area contributed by atoms with Crippen molar-refractivity contribution in [2.45, 2.75) is 25.6 Å². The predicted octanol–water partition coefficient (Wildman–Crippen LogP) is 2.92. The molecule has 1 aromatic carbocycles. The van der Waals surface area contributed by atoms with E-state index in [2.05, 4.69) is 14.7 Å². The Morgan fingerprint density at radius 3 is 2.45 bits per heavy atom. The molecule has 8 heteroatoms. The highest BCUT2D eigenvalue weighted by Gasteiger charge is 2.53. The summed E-state index contributed by atoms with van der Waals surface area (Å²) in [4.78, 5) is 3.64. The van der Waals surface area contributed by atoms with Crippen LogP contribution in [-0.2, 0) is 5.54 Å². The third-order valence-corrected chi connectivity index (χ3v) is 2.88. The van der Waals surface area contributed by atoms with E-state index in [1.54, 1.807) is 0 Å². The van der Waals surface area contributed by atoms with E-state index in [-0.39, 0.29) is 5.82 Å². The Kier molecular flexibility index (Phi) is 3.29. The summed E-state index contributed by atoms with van der Waals surface area (Å²) in [5.41, 5.74) is 3.10. The van der Waals surface area contributed by atoms with Crippen molar-refractivity contribution in [3.63, 3.8) is 0 Å². The maximum atomic E-state index is 13.1. The van der Waals surface area contributed by atoms with Crippen molar-refractivity contribution in [2.75, 3.05) is 0 Å². The molecule has 0 aliphatic carbocycles. The van der Waals surface area contributed by atoms with Crippen LogP contribution in [0.1, 0.15) is 18.4 Å². The van der Waals surface area contributed by atoms with Gasteiger partial charge in [-0.3, -0.25) is 0 Å². The summed E-state index contributed by atoms with van der Waals surface area (Å²) in [5.74, 6) is -1.26. The molecule has 1 unspecified atom stereocenters. The molecule has 1 heterocycles. The van der Waals surface area contributed by atoms with Crippen LogP contribution in [0.2, 0.25) is 0 Å². The first-order chi connectivity index (χ1) is 9.13. The Bertz CT molecular complexity index is 634. The zero-order chi connectivity index (χ0) is 15.1. The third-order valence-electron chi connectivity index (χ3n) is 2.88. The molecule has 1 atom stereocenters. The summed E-state index contributed by atoms with van der Waals surface area (Å²) >= 11 is 0. The van der Waals surface area contributed by atoms with E-state index in [9.17, 15) is 17.6 Å². The lowest BCUT2D eigenvalue weighted by Crippen LogP contribution is -2.47. The first-order valence-electron chi connectivity index (χ1n) is 5.59. The Labute approximate surface area is 111 Å². The maximum Gasteiger partial charge on any atom is 0.415 e. The van der Waals surface area contributed by atoms with Crippen LogP contribution >= 0.6 is 0 Å². The van der Waals surface area contributed by atoms with E-state index >= 15 is 0 Å². The van der Waals surface area contributed by atoms with Crippen molar-refractivity contribution >= 4 is 0 Å². The zero-order valence-corrected chi connectivity index (χ0v) is 10.6. The Hall–Kier alpha value is -1.96. The molecule has 20 heavy (non-hydrogen) atoms. The summed E-state index contributed by atoms with van der Waals surface area (Å²) in [6, 6.07) is 3.93. The number of hydrogen-bond donors (Lipinski definition) is 1. The molecule has 0 amide bonds. The van der Waals surface area contributed by atoms with Crippen molar-refractivity contribution < 1.29 is 22.1 Å². The Morgan fingerprint density at radius 1 is 1.25 bits per heavy atom. The fourth-order valence-electron chi connectivity index (χ4n) is 1.46. The van der Waals surface area contributed by atoms with Gasteiger partial charge in [0.1, 0.15) is 5.82 Å². The molecule has 4 nitrogen and oxygen atoms in total. The lowest BCUT2D eigenvalue weighted by atomic mass is 10.0. The first-order valence-corrected chi connectivity index (χ1v) is 5.59. The largest absolute Gasteiger partial charge is 0.415 e. The van der Waals surface area contributed by atoms with Gasteiger partial charge < -0.3 is 10.3 Å². The van der Waals surface area contributed by atoms with E-state index < -0.39 is 23.4 Å². The monoisotopic (exact) mass is 289 g/mol. The molecular weight excluding hydrogens is 278 g/mol. The topological polar surface area (TPSA) is 64.9 Å². The molecule has 108 valence electrons. The van der Waals surface area contributed by atoms with Gasteiger partial charge >= 0.3 is 6.18 Å². The van der Waals surface area contributed by atoms with Gasteiger partial charge in [-0.05, 0) is 37.6 Å². The van der Waals surface area contributed by atoms with Gasteiger partial charge in [0.15, 0.2) is 5.54 Å². The number of aromatic nitrogens is 2. The van der Waals surface area contributed by atoms with Gasteiger partial charge in [-0.25, -0.2) is 4.39 Å². The van der Waals surface area contributed by atoms with Gasteiger partial charge in [0, 0.05) is 5.56 Å². The first kappa shape index (κ1) is 14.4. The summed E-state index contributed by atoms with van der Waals surface area (Å²) < 4.78 is 55.9. The SMILES string of the molecule is Cc1cc(-c2noc(C(C)(N)C(F)(F)F)n2)ccc1F. The minimum absolute atomic E-state index is 0.0796. The van der Waals surface area contributed by atoms with E-state index in [1.165, 1.54) is 25.1 Å². The second-order valence-electron chi connectivity index (χ2n) is 4.59. The van der Waals surface area contributed by atoms with Crippen molar-refractivity contribution in [1.82, 2.24) is 10.1 Å². The molecule has 0 spiro atoms. The van der Waals surface area contributed by atoms with Crippen LogP contribution in [0, 0.1) is 12.7 Å². The molecule has 0 bridgehead atoms. The van der Waals surface area contributed by atoms with Gasteiger partial charge in [-0.1, -0.05) is 5.16 Å².